The number of thiazole rings is 1. The second-order valence-electron chi connectivity index (χ2n) is 4.50. The van der Waals surface area contributed by atoms with Gasteiger partial charge < -0.3 is 5.32 Å². The molecule has 2 rings (SSSR count). The lowest BCUT2D eigenvalue weighted by Gasteiger charge is -2.31. The van der Waals surface area contributed by atoms with Gasteiger partial charge in [-0.2, -0.15) is 0 Å². The second-order valence-corrected chi connectivity index (χ2v) is 5.36. The maximum atomic E-state index is 4.66. The largest absolute Gasteiger partial charge is 0.303 e. The second kappa shape index (κ2) is 4.22. The maximum Gasteiger partial charge on any atom is 0.113 e. The Balaban J connectivity index is 2.22. The third-order valence-electron chi connectivity index (χ3n) is 3.29. The molecule has 1 fully saturated rings. The number of aryl methyl sites for hydroxylation is 1. The van der Waals surface area contributed by atoms with Gasteiger partial charge in [0, 0.05) is 17.1 Å². The molecule has 0 atom stereocenters. The van der Waals surface area contributed by atoms with Crippen molar-refractivity contribution in [1.82, 2.24) is 10.3 Å². The summed E-state index contributed by atoms with van der Waals surface area (Å²) >= 11 is 1.80. The predicted octanol–water partition coefficient (Wildman–Crippen LogP) is 3.22. The van der Waals surface area contributed by atoms with E-state index < -0.39 is 0 Å². The number of hydrogen-bond donors (Lipinski definition) is 1. The van der Waals surface area contributed by atoms with Crippen molar-refractivity contribution >= 4 is 11.3 Å². The van der Waals surface area contributed by atoms with E-state index >= 15 is 0 Å². The van der Waals surface area contributed by atoms with Gasteiger partial charge in [-0.1, -0.05) is 13.8 Å². The molecule has 1 aromatic rings. The molecule has 2 nitrogen and oxygen atoms in total. The Morgan fingerprint density at radius 1 is 1.47 bits per heavy atom. The van der Waals surface area contributed by atoms with Crippen molar-refractivity contribution in [2.75, 3.05) is 0 Å². The SMILES string of the molecule is CCC(CC)(NC1CC1)c1nc(C)cs1. The standard InChI is InChI=1S/C12H20N2S/c1-4-12(5-2,14-10-6-7-10)11-13-9(3)8-15-11/h8,10,14H,4-7H2,1-3H3. The topological polar surface area (TPSA) is 24.9 Å². The van der Waals surface area contributed by atoms with Gasteiger partial charge in [-0.25, -0.2) is 4.98 Å². The molecule has 0 amide bonds. The van der Waals surface area contributed by atoms with Crippen LogP contribution in [0.4, 0.5) is 0 Å². The van der Waals surface area contributed by atoms with Crippen LogP contribution in [-0.4, -0.2) is 11.0 Å². The van der Waals surface area contributed by atoms with Crippen LogP contribution in [0.3, 0.4) is 0 Å². The first-order valence-corrected chi connectivity index (χ1v) is 6.78. The molecule has 0 saturated heterocycles. The Labute approximate surface area is 96.1 Å². The van der Waals surface area contributed by atoms with Gasteiger partial charge in [0.2, 0.25) is 0 Å². The van der Waals surface area contributed by atoms with E-state index in [-0.39, 0.29) is 5.54 Å². The number of nitrogens with zero attached hydrogens (tertiary/aromatic N) is 1. The van der Waals surface area contributed by atoms with E-state index in [1.54, 1.807) is 11.3 Å². The smallest absolute Gasteiger partial charge is 0.113 e. The Bertz CT molecular complexity index is 324. The molecular weight excluding hydrogens is 204 g/mol. The first kappa shape index (κ1) is 11.1. The Morgan fingerprint density at radius 2 is 2.13 bits per heavy atom. The zero-order chi connectivity index (χ0) is 10.9. The molecule has 1 saturated carbocycles. The minimum absolute atomic E-state index is 0.139. The molecule has 84 valence electrons. The summed E-state index contributed by atoms with van der Waals surface area (Å²) in [4.78, 5) is 4.66. The molecule has 0 radical (unpaired) electrons. The molecule has 1 heterocycles. The molecule has 0 aromatic carbocycles. The summed E-state index contributed by atoms with van der Waals surface area (Å²) in [6.07, 6.45) is 4.94. The van der Waals surface area contributed by atoms with E-state index in [0.717, 1.165) is 24.6 Å². The molecule has 3 heteroatoms. The highest BCUT2D eigenvalue weighted by Gasteiger charge is 2.36. The normalized spacial score (nSPS) is 17.0. The van der Waals surface area contributed by atoms with Crippen LogP contribution in [0.2, 0.25) is 0 Å². The van der Waals surface area contributed by atoms with E-state index in [1.165, 1.54) is 17.8 Å². The summed E-state index contributed by atoms with van der Waals surface area (Å²) in [5.74, 6) is 0. The van der Waals surface area contributed by atoms with Crippen molar-refractivity contribution in [3.05, 3.63) is 16.1 Å². The number of nitrogens with one attached hydrogen (secondary N) is 1. The highest BCUT2D eigenvalue weighted by Crippen LogP contribution is 2.35. The Hall–Kier alpha value is -0.410. The average molecular weight is 224 g/mol. The lowest BCUT2D eigenvalue weighted by Crippen LogP contribution is -2.42. The highest BCUT2D eigenvalue weighted by atomic mass is 32.1. The molecule has 1 aromatic heterocycles. The van der Waals surface area contributed by atoms with Crippen molar-refractivity contribution in [3.8, 4) is 0 Å². The quantitative estimate of drug-likeness (QED) is 0.830. The van der Waals surface area contributed by atoms with Crippen molar-refractivity contribution in [1.29, 1.82) is 0 Å². The summed E-state index contributed by atoms with van der Waals surface area (Å²) in [5.41, 5.74) is 1.29. The summed E-state index contributed by atoms with van der Waals surface area (Å²) in [5, 5.41) is 7.21. The maximum absolute atomic E-state index is 4.66. The Kier molecular flexibility index (Phi) is 3.12. The van der Waals surface area contributed by atoms with E-state index in [1.807, 2.05) is 0 Å². The number of rotatable bonds is 5. The van der Waals surface area contributed by atoms with Crippen LogP contribution in [0, 0.1) is 6.92 Å². The van der Waals surface area contributed by atoms with Crippen LogP contribution in [0.1, 0.15) is 50.2 Å². The fourth-order valence-corrected chi connectivity index (χ4v) is 3.12. The Morgan fingerprint density at radius 3 is 2.53 bits per heavy atom. The molecule has 0 aliphatic heterocycles. The van der Waals surface area contributed by atoms with E-state index in [2.05, 4.69) is 36.5 Å². The molecule has 1 aliphatic rings. The molecular formula is C12H20N2S. The van der Waals surface area contributed by atoms with Crippen molar-refractivity contribution in [2.45, 2.75) is 58.0 Å². The minimum atomic E-state index is 0.139. The summed E-state index contributed by atoms with van der Waals surface area (Å²) in [7, 11) is 0. The van der Waals surface area contributed by atoms with Gasteiger partial charge >= 0.3 is 0 Å². The van der Waals surface area contributed by atoms with E-state index in [0.29, 0.717) is 0 Å². The van der Waals surface area contributed by atoms with Gasteiger partial charge in [-0.05, 0) is 32.6 Å². The third-order valence-corrected chi connectivity index (χ3v) is 4.46. The molecule has 0 spiro atoms. The first-order chi connectivity index (χ1) is 7.20. The fraction of sp³-hybridized carbons (Fsp3) is 0.750. The van der Waals surface area contributed by atoms with Crippen LogP contribution in [-0.2, 0) is 5.54 Å². The van der Waals surface area contributed by atoms with Crippen molar-refractivity contribution < 1.29 is 0 Å². The molecule has 1 aliphatic carbocycles. The van der Waals surface area contributed by atoms with Crippen LogP contribution < -0.4 is 5.32 Å². The van der Waals surface area contributed by atoms with Gasteiger partial charge in [0.15, 0.2) is 0 Å². The molecule has 15 heavy (non-hydrogen) atoms. The zero-order valence-corrected chi connectivity index (χ0v) is 10.7. The molecule has 0 bridgehead atoms. The van der Waals surface area contributed by atoms with E-state index in [9.17, 15) is 0 Å². The monoisotopic (exact) mass is 224 g/mol. The van der Waals surface area contributed by atoms with Gasteiger partial charge in [0.1, 0.15) is 5.01 Å². The summed E-state index contributed by atoms with van der Waals surface area (Å²) in [6.45, 7) is 6.60. The number of hydrogen-bond acceptors (Lipinski definition) is 3. The zero-order valence-electron chi connectivity index (χ0n) is 9.84. The lowest BCUT2D eigenvalue weighted by atomic mass is 9.93. The van der Waals surface area contributed by atoms with Crippen molar-refractivity contribution in [2.24, 2.45) is 0 Å². The first-order valence-electron chi connectivity index (χ1n) is 5.90. The van der Waals surface area contributed by atoms with Gasteiger partial charge in [-0.15, -0.1) is 11.3 Å². The van der Waals surface area contributed by atoms with Crippen molar-refractivity contribution in [3.63, 3.8) is 0 Å². The van der Waals surface area contributed by atoms with Crippen LogP contribution in [0.5, 0.6) is 0 Å². The van der Waals surface area contributed by atoms with Gasteiger partial charge in [0.25, 0.3) is 0 Å². The fourth-order valence-electron chi connectivity index (χ4n) is 2.01. The molecule has 1 N–H and O–H groups in total. The van der Waals surface area contributed by atoms with Gasteiger partial charge in [-0.3, -0.25) is 0 Å². The minimum Gasteiger partial charge on any atom is -0.303 e. The average Bonchev–Trinajstić information content (AvgIpc) is 2.96. The highest BCUT2D eigenvalue weighted by molar-refractivity contribution is 7.09. The van der Waals surface area contributed by atoms with Crippen LogP contribution in [0.15, 0.2) is 5.38 Å². The van der Waals surface area contributed by atoms with Crippen LogP contribution in [0.25, 0.3) is 0 Å². The predicted molar refractivity (Wildman–Crippen MR) is 65.3 cm³/mol. The lowest BCUT2D eigenvalue weighted by molar-refractivity contribution is 0.303. The molecule has 0 unspecified atom stereocenters. The summed E-state index contributed by atoms with van der Waals surface area (Å²) in [6, 6.07) is 0.745. The van der Waals surface area contributed by atoms with Gasteiger partial charge in [0.05, 0.1) is 5.54 Å². The number of aromatic nitrogens is 1. The van der Waals surface area contributed by atoms with Crippen LogP contribution >= 0.6 is 11.3 Å². The van der Waals surface area contributed by atoms with E-state index in [4.69, 9.17) is 0 Å². The third kappa shape index (κ3) is 2.23. The summed E-state index contributed by atoms with van der Waals surface area (Å²) < 4.78 is 0.